The average molecular weight is 243 g/mol. The van der Waals surface area contributed by atoms with Crippen LogP contribution < -0.4 is 4.90 Å². The van der Waals surface area contributed by atoms with Gasteiger partial charge in [0.1, 0.15) is 0 Å². The third kappa shape index (κ3) is 1.76. The lowest BCUT2D eigenvalue weighted by atomic mass is 10.2. The molecule has 0 saturated carbocycles. The fourth-order valence-electron chi connectivity index (χ4n) is 2.26. The van der Waals surface area contributed by atoms with Crippen molar-refractivity contribution < 1.29 is 4.79 Å². The Kier molecular flexibility index (Phi) is 2.48. The van der Waals surface area contributed by atoms with Gasteiger partial charge in [0.25, 0.3) is 5.91 Å². The van der Waals surface area contributed by atoms with Gasteiger partial charge in [-0.1, -0.05) is 18.2 Å². The number of anilines is 1. The second kappa shape index (κ2) is 4.00. The Balaban J connectivity index is 1.95. The highest BCUT2D eigenvalue weighted by molar-refractivity contribution is 7.10. The third-order valence-corrected chi connectivity index (χ3v) is 3.97. The van der Waals surface area contributed by atoms with Gasteiger partial charge in [0.15, 0.2) is 0 Å². The molecule has 0 atom stereocenters. The van der Waals surface area contributed by atoms with E-state index < -0.39 is 0 Å². The van der Waals surface area contributed by atoms with Crippen molar-refractivity contribution in [2.24, 2.45) is 0 Å². The van der Waals surface area contributed by atoms with Crippen molar-refractivity contribution in [3.05, 3.63) is 51.7 Å². The Morgan fingerprint density at radius 2 is 2.18 bits per heavy atom. The zero-order valence-electron chi connectivity index (χ0n) is 9.64. The van der Waals surface area contributed by atoms with Gasteiger partial charge >= 0.3 is 0 Å². The van der Waals surface area contributed by atoms with Crippen molar-refractivity contribution in [2.45, 2.75) is 13.3 Å². The van der Waals surface area contributed by atoms with Crippen LogP contribution in [0.25, 0.3) is 0 Å². The lowest BCUT2D eigenvalue weighted by Crippen LogP contribution is -2.28. The highest BCUT2D eigenvalue weighted by Gasteiger charge is 2.25. The van der Waals surface area contributed by atoms with E-state index in [1.165, 1.54) is 10.4 Å². The first-order valence-corrected chi connectivity index (χ1v) is 6.58. The minimum absolute atomic E-state index is 0.124. The van der Waals surface area contributed by atoms with Crippen LogP contribution in [0.3, 0.4) is 0 Å². The van der Waals surface area contributed by atoms with Crippen LogP contribution in [-0.2, 0) is 6.42 Å². The maximum absolute atomic E-state index is 12.4. The summed E-state index contributed by atoms with van der Waals surface area (Å²) in [6.07, 6.45) is 0.963. The van der Waals surface area contributed by atoms with Gasteiger partial charge in [0, 0.05) is 22.5 Å². The quantitative estimate of drug-likeness (QED) is 0.753. The van der Waals surface area contributed by atoms with E-state index in [-0.39, 0.29) is 5.91 Å². The molecule has 86 valence electrons. The first kappa shape index (κ1) is 10.5. The molecule has 1 amide bonds. The standard InChI is InChI=1S/C14H13NOS/c1-10-8-12(9-17-10)14(16)15-7-6-11-4-2-3-5-13(11)15/h2-5,8-9H,6-7H2,1H3. The average Bonchev–Trinajstić information content (AvgIpc) is 2.94. The fraction of sp³-hybridized carbons (Fsp3) is 0.214. The van der Waals surface area contributed by atoms with Crippen molar-refractivity contribution in [1.82, 2.24) is 0 Å². The molecule has 2 nitrogen and oxygen atoms in total. The number of benzene rings is 1. The molecular weight excluding hydrogens is 230 g/mol. The van der Waals surface area contributed by atoms with Gasteiger partial charge in [-0.25, -0.2) is 0 Å². The van der Waals surface area contributed by atoms with Gasteiger partial charge in [-0.3, -0.25) is 4.79 Å². The summed E-state index contributed by atoms with van der Waals surface area (Å²) >= 11 is 1.63. The van der Waals surface area contributed by atoms with Gasteiger partial charge in [-0.05, 0) is 31.0 Å². The first-order chi connectivity index (χ1) is 8.25. The number of aryl methyl sites for hydroxylation is 1. The fourth-order valence-corrected chi connectivity index (χ4v) is 2.94. The number of hydrogen-bond acceptors (Lipinski definition) is 2. The minimum Gasteiger partial charge on any atom is -0.308 e. The number of carbonyl (C=O) groups excluding carboxylic acids is 1. The van der Waals surface area contributed by atoms with Gasteiger partial charge in [-0.2, -0.15) is 0 Å². The zero-order chi connectivity index (χ0) is 11.8. The smallest absolute Gasteiger partial charge is 0.259 e. The summed E-state index contributed by atoms with van der Waals surface area (Å²) in [5.74, 6) is 0.124. The van der Waals surface area contributed by atoms with Crippen LogP contribution in [-0.4, -0.2) is 12.5 Å². The highest BCUT2D eigenvalue weighted by atomic mass is 32.1. The second-order valence-electron chi connectivity index (χ2n) is 4.28. The summed E-state index contributed by atoms with van der Waals surface area (Å²) in [4.78, 5) is 15.4. The molecule has 3 heteroatoms. The Bertz CT molecular complexity index is 573. The summed E-state index contributed by atoms with van der Waals surface area (Å²) < 4.78 is 0. The van der Waals surface area contributed by atoms with Gasteiger partial charge < -0.3 is 4.90 Å². The van der Waals surface area contributed by atoms with Crippen LogP contribution in [0.4, 0.5) is 5.69 Å². The molecule has 0 fully saturated rings. The number of rotatable bonds is 1. The predicted molar refractivity (Wildman–Crippen MR) is 70.9 cm³/mol. The Morgan fingerprint density at radius 3 is 2.94 bits per heavy atom. The number of carbonyl (C=O) groups is 1. The van der Waals surface area contributed by atoms with Crippen molar-refractivity contribution in [3.63, 3.8) is 0 Å². The van der Waals surface area contributed by atoms with Crippen LogP contribution in [0.1, 0.15) is 20.8 Å². The second-order valence-corrected chi connectivity index (χ2v) is 5.40. The molecule has 17 heavy (non-hydrogen) atoms. The predicted octanol–water partition coefficient (Wildman–Crippen LogP) is 3.26. The SMILES string of the molecule is Cc1cc(C(=O)N2CCc3ccccc32)cs1. The van der Waals surface area contributed by atoms with E-state index in [9.17, 15) is 4.79 Å². The largest absolute Gasteiger partial charge is 0.308 e. The number of hydrogen-bond donors (Lipinski definition) is 0. The number of nitrogens with zero attached hydrogens (tertiary/aromatic N) is 1. The molecule has 1 aliphatic heterocycles. The summed E-state index contributed by atoms with van der Waals surface area (Å²) in [7, 11) is 0. The van der Waals surface area contributed by atoms with Crippen LogP contribution in [0.5, 0.6) is 0 Å². The van der Waals surface area contributed by atoms with E-state index in [1.54, 1.807) is 11.3 Å². The lowest BCUT2D eigenvalue weighted by molar-refractivity contribution is 0.0990. The van der Waals surface area contributed by atoms with E-state index in [4.69, 9.17) is 0 Å². The maximum atomic E-state index is 12.4. The zero-order valence-corrected chi connectivity index (χ0v) is 10.5. The Hall–Kier alpha value is -1.61. The van der Waals surface area contributed by atoms with Crippen LogP contribution in [0.15, 0.2) is 35.7 Å². The summed E-state index contributed by atoms with van der Waals surface area (Å²) in [5.41, 5.74) is 3.15. The van der Waals surface area contributed by atoms with Crippen LogP contribution >= 0.6 is 11.3 Å². The van der Waals surface area contributed by atoms with E-state index in [0.717, 1.165) is 24.2 Å². The summed E-state index contributed by atoms with van der Waals surface area (Å²) in [6, 6.07) is 10.1. The number of fused-ring (bicyclic) bond motifs is 1. The number of para-hydroxylation sites is 1. The summed E-state index contributed by atoms with van der Waals surface area (Å²) in [6.45, 7) is 2.83. The van der Waals surface area contributed by atoms with Crippen LogP contribution in [0, 0.1) is 6.92 Å². The van der Waals surface area contributed by atoms with Crippen molar-refractivity contribution >= 4 is 22.9 Å². The molecule has 3 rings (SSSR count). The molecule has 0 aliphatic carbocycles. The van der Waals surface area contributed by atoms with Crippen molar-refractivity contribution in [2.75, 3.05) is 11.4 Å². The van der Waals surface area contributed by atoms with Crippen molar-refractivity contribution in [3.8, 4) is 0 Å². The molecule has 0 spiro atoms. The Labute approximate surface area is 105 Å². The molecule has 2 heterocycles. The van der Waals surface area contributed by atoms with Gasteiger partial charge in [0.05, 0.1) is 5.56 Å². The molecule has 0 radical (unpaired) electrons. The lowest BCUT2D eigenvalue weighted by Gasteiger charge is -2.16. The van der Waals surface area contributed by atoms with E-state index in [2.05, 4.69) is 6.07 Å². The topological polar surface area (TPSA) is 20.3 Å². The van der Waals surface area contributed by atoms with Gasteiger partial charge in [0.2, 0.25) is 0 Å². The Morgan fingerprint density at radius 1 is 1.35 bits per heavy atom. The minimum atomic E-state index is 0.124. The highest BCUT2D eigenvalue weighted by Crippen LogP contribution is 2.29. The van der Waals surface area contributed by atoms with E-state index in [1.807, 2.05) is 41.5 Å². The molecule has 2 aromatic rings. The van der Waals surface area contributed by atoms with Crippen LogP contribution in [0.2, 0.25) is 0 Å². The first-order valence-electron chi connectivity index (χ1n) is 5.70. The third-order valence-electron chi connectivity index (χ3n) is 3.11. The van der Waals surface area contributed by atoms with E-state index >= 15 is 0 Å². The monoisotopic (exact) mass is 243 g/mol. The van der Waals surface area contributed by atoms with Gasteiger partial charge in [-0.15, -0.1) is 11.3 Å². The van der Waals surface area contributed by atoms with E-state index in [0.29, 0.717) is 0 Å². The molecule has 0 saturated heterocycles. The normalized spacial score (nSPS) is 13.8. The molecule has 0 unspecified atom stereocenters. The molecule has 1 aromatic carbocycles. The molecular formula is C14H13NOS. The summed E-state index contributed by atoms with van der Waals surface area (Å²) in [5, 5.41) is 1.94. The number of thiophene rings is 1. The number of amides is 1. The molecule has 0 bridgehead atoms. The maximum Gasteiger partial charge on any atom is 0.259 e. The molecule has 1 aromatic heterocycles. The molecule has 0 N–H and O–H groups in total. The van der Waals surface area contributed by atoms with Crippen molar-refractivity contribution in [1.29, 1.82) is 0 Å². The molecule has 1 aliphatic rings.